The maximum absolute atomic E-state index is 9.77. The number of ether oxygens (including phenoxy) is 1. The van der Waals surface area contributed by atoms with Crippen LogP contribution < -0.4 is 10.1 Å². The summed E-state index contributed by atoms with van der Waals surface area (Å²) < 4.78 is 4.88. The van der Waals surface area contributed by atoms with Crippen LogP contribution in [0.2, 0.25) is 0 Å². The van der Waals surface area contributed by atoms with Crippen molar-refractivity contribution in [3.8, 4) is 11.5 Å². The molecule has 1 rings (SSSR count). The van der Waals surface area contributed by atoms with Crippen LogP contribution in [0.3, 0.4) is 0 Å². The van der Waals surface area contributed by atoms with Crippen molar-refractivity contribution in [2.75, 3.05) is 20.7 Å². The van der Waals surface area contributed by atoms with Crippen LogP contribution in [0.25, 0.3) is 0 Å². The zero-order chi connectivity index (χ0) is 12.1. The molecule has 16 heavy (non-hydrogen) atoms. The Balaban J connectivity index is 2.84. The van der Waals surface area contributed by atoms with E-state index in [0.717, 1.165) is 0 Å². The van der Waals surface area contributed by atoms with Crippen molar-refractivity contribution in [3.63, 3.8) is 0 Å². The van der Waals surface area contributed by atoms with Gasteiger partial charge in [0.1, 0.15) is 6.10 Å². The summed E-state index contributed by atoms with van der Waals surface area (Å²) in [6, 6.07) is 4.52. The Morgan fingerprint density at radius 3 is 2.56 bits per heavy atom. The van der Waals surface area contributed by atoms with E-state index >= 15 is 0 Å². The molecule has 2 atom stereocenters. The number of benzene rings is 1. The second kappa shape index (κ2) is 5.69. The van der Waals surface area contributed by atoms with Gasteiger partial charge in [-0.15, -0.1) is 0 Å². The highest BCUT2D eigenvalue weighted by atomic mass is 16.5. The first-order chi connectivity index (χ1) is 7.60. The monoisotopic (exact) mass is 227 g/mol. The number of phenolic OH excluding ortho intramolecular Hbond substituents is 1. The first-order valence-corrected chi connectivity index (χ1v) is 4.97. The smallest absolute Gasteiger partial charge is 0.160 e. The number of likely N-dealkylation sites (N-methyl/N-ethyl adjacent to an activating group) is 1. The first kappa shape index (κ1) is 12.8. The van der Waals surface area contributed by atoms with Gasteiger partial charge in [-0.3, -0.25) is 0 Å². The molecule has 0 aliphatic rings. The maximum Gasteiger partial charge on any atom is 0.160 e. The minimum Gasteiger partial charge on any atom is -0.504 e. The van der Waals surface area contributed by atoms with E-state index in [1.165, 1.54) is 13.2 Å². The number of hydrogen-bond donors (Lipinski definition) is 4. The summed E-state index contributed by atoms with van der Waals surface area (Å²) in [5.41, 5.74) is 0.445. The van der Waals surface area contributed by atoms with Crippen LogP contribution in [0.4, 0.5) is 0 Å². The van der Waals surface area contributed by atoms with Gasteiger partial charge in [0.2, 0.25) is 0 Å². The molecule has 0 spiro atoms. The predicted octanol–water partition coefficient (Wildman–Crippen LogP) is 0.0145. The second-order valence-electron chi connectivity index (χ2n) is 3.50. The van der Waals surface area contributed by atoms with Crippen LogP contribution in [0.1, 0.15) is 11.7 Å². The van der Waals surface area contributed by atoms with Gasteiger partial charge in [-0.2, -0.15) is 0 Å². The highest BCUT2D eigenvalue weighted by Crippen LogP contribution is 2.29. The fraction of sp³-hybridized carbons (Fsp3) is 0.455. The highest BCUT2D eigenvalue weighted by molar-refractivity contribution is 5.42. The van der Waals surface area contributed by atoms with Crippen LogP contribution in [0.15, 0.2) is 18.2 Å². The Hall–Kier alpha value is -1.30. The highest BCUT2D eigenvalue weighted by Gasteiger charge is 2.18. The molecule has 5 heteroatoms. The Morgan fingerprint density at radius 2 is 2.06 bits per heavy atom. The lowest BCUT2D eigenvalue weighted by molar-refractivity contribution is 0.0201. The number of phenols is 1. The van der Waals surface area contributed by atoms with Crippen molar-refractivity contribution in [1.82, 2.24) is 5.32 Å². The molecule has 0 fully saturated rings. The lowest BCUT2D eigenvalue weighted by Gasteiger charge is -2.18. The zero-order valence-corrected chi connectivity index (χ0v) is 9.34. The molecule has 0 aliphatic heterocycles. The van der Waals surface area contributed by atoms with Crippen LogP contribution in [-0.2, 0) is 0 Å². The molecule has 90 valence electrons. The van der Waals surface area contributed by atoms with E-state index in [-0.39, 0.29) is 12.3 Å². The van der Waals surface area contributed by atoms with E-state index in [4.69, 9.17) is 4.74 Å². The van der Waals surface area contributed by atoms with Gasteiger partial charge in [0.15, 0.2) is 11.5 Å². The summed E-state index contributed by atoms with van der Waals surface area (Å²) in [7, 11) is 3.13. The van der Waals surface area contributed by atoms with Crippen molar-refractivity contribution < 1.29 is 20.1 Å². The summed E-state index contributed by atoms with van der Waals surface area (Å²) in [6.07, 6.45) is -1.96. The lowest BCUT2D eigenvalue weighted by atomic mass is 10.0. The van der Waals surface area contributed by atoms with Crippen LogP contribution in [0, 0.1) is 0 Å². The Labute approximate surface area is 94.3 Å². The SMILES string of the molecule is CNCC(O)C(O)c1ccc(OC)c(O)c1. The number of aromatic hydroxyl groups is 1. The molecule has 0 radical (unpaired) electrons. The molecular weight excluding hydrogens is 210 g/mol. The molecule has 0 aromatic heterocycles. The van der Waals surface area contributed by atoms with E-state index in [2.05, 4.69) is 5.32 Å². The summed E-state index contributed by atoms with van der Waals surface area (Å²) in [4.78, 5) is 0. The van der Waals surface area contributed by atoms with Gasteiger partial charge in [-0.05, 0) is 24.7 Å². The minimum absolute atomic E-state index is 0.0595. The van der Waals surface area contributed by atoms with E-state index in [9.17, 15) is 15.3 Å². The van der Waals surface area contributed by atoms with Crippen molar-refractivity contribution in [3.05, 3.63) is 23.8 Å². The number of hydrogen-bond acceptors (Lipinski definition) is 5. The average molecular weight is 227 g/mol. The normalized spacial score (nSPS) is 14.5. The summed E-state index contributed by atoms with van der Waals surface area (Å²) >= 11 is 0. The van der Waals surface area contributed by atoms with Gasteiger partial charge in [0.05, 0.1) is 13.2 Å². The Kier molecular flexibility index (Phi) is 4.54. The predicted molar refractivity (Wildman–Crippen MR) is 59.6 cm³/mol. The molecule has 0 bridgehead atoms. The average Bonchev–Trinajstić information content (AvgIpc) is 2.28. The number of nitrogens with one attached hydrogen (secondary N) is 1. The van der Waals surface area contributed by atoms with E-state index < -0.39 is 12.2 Å². The molecule has 0 saturated carbocycles. The Morgan fingerprint density at radius 1 is 1.38 bits per heavy atom. The third-order valence-electron chi connectivity index (χ3n) is 2.32. The van der Waals surface area contributed by atoms with E-state index in [0.29, 0.717) is 11.3 Å². The van der Waals surface area contributed by atoms with Crippen molar-refractivity contribution in [2.45, 2.75) is 12.2 Å². The van der Waals surface area contributed by atoms with E-state index in [1.807, 2.05) is 0 Å². The quantitative estimate of drug-likeness (QED) is 0.570. The molecule has 1 aromatic rings. The van der Waals surface area contributed by atoms with E-state index in [1.54, 1.807) is 19.2 Å². The number of aliphatic hydroxyl groups is 2. The summed E-state index contributed by atoms with van der Waals surface area (Å²) in [6.45, 7) is 0.272. The second-order valence-corrected chi connectivity index (χ2v) is 3.50. The maximum atomic E-state index is 9.77. The van der Waals surface area contributed by atoms with Crippen molar-refractivity contribution >= 4 is 0 Å². The largest absolute Gasteiger partial charge is 0.504 e. The van der Waals surface area contributed by atoms with Crippen LogP contribution in [0.5, 0.6) is 11.5 Å². The fourth-order valence-electron chi connectivity index (χ4n) is 1.43. The van der Waals surface area contributed by atoms with Gasteiger partial charge >= 0.3 is 0 Å². The molecule has 2 unspecified atom stereocenters. The van der Waals surface area contributed by atoms with Crippen LogP contribution >= 0.6 is 0 Å². The molecule has 5 nitrogen and oxygen atoms in total. The minimum atomic E-state index is -1.04. The first-order valence-electron chi connectivity index (χ1n) is 4.97. The van der Waals surface area contributed by atoms with Gasteiger partial charge in [-0.1, -0.05) is 6.07 Å². The standard InChI is InChI=1S/C11H17NO4/c1-12-6-9(14)11(15)7-3-4-10(16-2)8(13)5-7/h3-5,9,11-15H,6H2,1-2H3. The lowest BCUT2D eigenvalue weighted by Crippen LogP contribution is -2.29. The van der Waals surface area contributed by atoms with Crippen LogP contribution in [-0.4, -0.2) is 42.1 Å². The molecule has 0 heterocycles. The van der Waals surface area contributed by atoms with Crippen molar-refractivity contribution in [2.24, 2.45) is 0 Å². The van der Waals surface area contributed by atoms with Gasteiger partial charge in [-0.25, -0.2) is 0 Å². The molecule has 4 N–H and O–H groups in total. The topological polar surface area (TPSA) is 82.0 Å². The molecule has 1 aromatic carbocycles. The molecule has 0 aliphatic carbocycles. The number of methoxy groups -OCH3 is 1. The molecule has 0 saturated heterocycles. The third kappa shape index (κ3) is 2.85. The Bertz CT molecular complexity index is 343. The van der Waals surface area contributed by atoms with Crippen molar-refractivity contribution in [1.29, 1.82) is 0 Å². The number of rotatable bonds is 5. The van der Waals surface area contributed by atoms with Gasteiger partial charge in [0.25, 0.3) is 0 Å². The molecule has 0 amide bonds. The number of aliphatic hydroxyl groups excluding tert-OH is 2. The third-order valence-corrected chi connectivity index (χ3v) is 2.32. The fourth-order valence-corrected chi connectivity index (χ4v) is 1.43. The van der Waals surface area contributed by atoms with Gasteiger partial charge < -0.3 is 25.4 Å². The molecular formula is C11H17NO4. The summed E-state index contributed by atoms with van der Waals surface area (Å²) in [5.74, 6) is 0.273. The van der Waals surface area contributed by atoms with Gasteiger partial charge in [0, 0.05) is 6.54 Å². The summed E-state index contributed by atoms with van der Waals surface area (Å²) in [5, 5.41) is 31.6. The zero-order valence-electron chi connectivity index (χ0n) is 9.34.